The molecule has 1 aliphatic carbocycles. The third-order valence-electron chi connectivity index (χ3n) is 9.05. The second-order valence-electron chi connectivity index (χ2n) is 11.9. The van der Waals surface area contributed by atoms with Gasteiger partial charge in [0.25, 0.3) is 0 Å². The Morgan fingerprint density at radius 3 is 1.47 bits per heavy atom. The van der Waals surface area contributed by atoms with Crippen molar-refractivity contribution in [1.82, 2.24) is 0 Å². The smallest absolute Gasteiger partial charge is 0.228 e. The van der Waals surface area contributed by atoms with Crippen LogP contribution in [0.25, 0.3) is 11.1 Å². The summed E-state index contributed by atoms with van der Waals surface area (Å²) in [7, 11) is 0. The number of aromatic hydroxyl groups is 1. The highest BCUT2D eigenvalue weighted by molar-refractivity contribution is 6.10. The van der Waals surface area contributed by atoms with Gasteiger partial charge in [-0.3, -0.25) is 9.59 Å². The number of carbonyl (C=O) groups is 2. The number of ether oxygens (including phenoxy) is 1. The molecule has 1 aliphatic rings. The summed E-state index contributed by atoms with van der Waals surface area (Å²) in [5, 5.41) is 10.1. The Kier molecular flexibility index (Phi) is 7.26. The van der Waals surface area contributed by atoms with E-state index in [1.165, 1.54) is 58.7 Å². The minimum Gasteiger partial charge on any atom is -0.508 e. The first-order valence-corrected chi connectivity index (χ1v) is 15.7. The standard InChI is InChI=1S/C43H27FO5/c44-31-17-9-27(10-18-31)41(46)39-25-26-40(49-39)42(47)28-11-21-33(22-12-28)48-34-23-15-30(16-24-34)43(29-13-19-32(45)20-14-29)37-7-3-1-5-35(37)36-6-2-4-8-38(36)43/h1-26,45H. The lowest BCUT2D eigenvalue weighted by molar-refractivity contribution is 0.0986. The molecule has 0 atom stereocenters. The lowest BCUT2D eigenvalue weighted by atomic mass is 9.68. The van der Waals surface area contributed by atoms with Crippen LogP contribution in [0.3, 0.4) is 0 Å². The summed E-state index contributed by atoms with van der Waals surface area (Å²) in [5.74, 6) is 0.119. The zero-order chi connectivity index (χ0) is 33.5. The largest absolute Gasteiger partial charge is 0.508 e. The van der Waals surface area contributed by atoms with Crippen LogP contribution in [0.1, 0.15) is 54.5 Å². The highest BCUT2D eigenvalue weighted by Gasteiger charge is 2.45. The van der Waals surface area contributed by atoms with Crippen LogP contribution in [0.4, 0.5) is 4.39 Å². The Bertz CT molecular complexity index is 2290. The van der Waals surface area contributed by atoms with Crippen molar-refractivity contribution in [2.75, 3.05) is 0 Å². The summed E-state index contributed by atoms with van der Waals surface area (Å²) in [5.41, 5.74) is 6.80. The highest BCUT2D eigenvalue weighted by Crippen LogP contribution is 2.56. The van der Waals surface area contributed by atoms with Gasteiger partial charge in [0, 0.05) is 11.1 Å². The summed E-state index contributed by atoms with van der Waals surface area (Å²) >= 11 is 0. The molecule has 1 N–H and O–H groups in total. The number of ketones is 2. The minimum absolute atomic E-state index is 0.00451. The first kappa shape index (κ1) is 29.8. The van der Waals surface area contributed by atoms with Gasteiger partial charge in [-0.2, -0.15) is 0 Å². The summed E-state index contributed by atoms with van der Waals surface area (Å²) in [6.45, 7) is 0. The molecular formula is C43H27FO5. The van der Waals surface area contributed by atoms with Crippen LogP contribution in [-0.2, 0) is 5.41 Å². The van der Waals surface area contributed by atoms with Crippen molar-refractivity contribution >= 4 is 11.6 Å². The fourth-order valence-corrected chi connectivity index (χ4v) is 6.79. The first-order chi connectivity index (χ1) is 23.9. The van der Waals surface area contributed by atoms with E-state index in [4.69, 9.17) is 9.15 Å². The number of rotatable bonds is 8. The normalized spacial score (nSPS) is 12.6. The van der Waals surface area contributed by atoms with Crippen molar-refractivity contribution in [3.63, 3.8) is 0 Å². The summed E-state index contributed by atoms with van der Waals surface area (Å²) in [4.78, 5) is 25.8. The number of hydrogen-bond acceptors (Lipinski definition) is 5. The van der Waals surface area contributed by atoms with Crippen molar-refractivity contribution in [2.45, 2.75) is 5.41 Å². The predicted molar refractivity (Wildman–Crippen MR) is 184 cm³/mol. The molecule has 7 aromatic rings. The first-order valence-electron chi connectivity index (χ1n) is 15.7. The van der Waals surface area contributed by atoms with Gasteiger partial charge in [-0.25, -0.2) is 4.39 Å². The topological polar surface area (TPSA) is 76.7 Å². The van der Waals surface area contributed by atoms with E-state index in [0.29, 0.717) is 17.1 Å². The molecule has 8 rings (SSSR count). The van der Waals surface area contributed by atoms with E-state index in [2.05, 4.69) is 60.7 Å². The third kappa shape index (κ3) is 5.11. The lowest BCUT2D eigenvalue weighted by Gasteiger charge is -2.34. The van der Waals surface area contributed by atoms with Crippen LogP contribution < -0.4 is 4.74 Å². The minimum atomic E-state index is -0.600. The molecular weight excluding hydrogens is 615 g/mol. The maximum atomic E-state index is 13.3. The fourth-order valence-electron chi connectivity index (χ4n) is 6.79. The van der Waals surface area contributed by atoms with E-state index in [1.54, 1.807) is 36.4 Å². The number of hydrogen-bond donors (Lipinski definition) is 1. The van der Waals surface area contributed by atoms with E-state index in [0.717, 1.165) is 11.1 Å². The van der Waals surface area contributed by atoms with Gasteiger partial charge in [0.05, 0.1) is 5.41 Å². The van der Waals surface area contributed by atoms with Crippen molar-refractivity contribution in [3.8, 4) is 28.4 Å². The molecule has 0 saturated heterocycles. The molecule has 0 aliphatic heterocycles. The van der Waals surface area contributed by atoms with Crippen molar-refractivity contribution < 1.29 is 28.2 Å². The van der Waals surface area contributed by atoms with Crippen LogP contribution in [0.5, 0.6) is 17.2 Å². The zero-order valence-corrected chi connectivity index (χ0v) is 26.0. The Hall–Kier alpha value is -6.53. The van der Waals surface area contributed by atoms with Gasteiger partial charge in [-0.1, -0.05) is 72.8 Å². The zero-order valence-electron chi connectivity index (χ0n) is 26.0. The van der Waals surface area contributed by atoms with Gasteiger partial charge < -0.3 is 14.3 Å². The van der Waals surface area contributed by atoms with Crippen LogP contribution >= 0.6 is 0 Å². The van der Waals surface area contributed by atoms with Gasteiger partial charge in [-0.15, -0.1) is 0 Å². The Labute approximate surface area is 281 Å². The molecule has 5 nitrogen and oxygen atoms in total. The van der Waals surface area contributed by atoms with E-state index < -0.39 is 17.0 Å². The van der Waals surface area contributed by atoms with Crippen molar-refractivity contribution in [3.05, 3.63) is 208 Å². The summed E-state index contributed by atoms with van der Waals surface area (Å²) in [6, 6.07) is 47.0. The Balaban J connectivity index is 1.05. The van der Waals surface area contributed by atoms with E-state index in [9.17, 15) is 19.1 Å². The van der Waals surface area contributed by atoms with Gasteiger partial charge in [0.2, 0.25) is 11.6 Å². The van der Waals surface area contributed by atoms with Crippen LogP contribution in [0, 0.1) is 5.82 Å². The number of carbonyl (C=O) groups excluding carboxylic acids is 2. The molecule has 0 saturated carbocycles. The molecule has 49 heavy (non-hydrogen) atoms. The maximum Gasteiger partial charge on any atom is 0.228 e. The number of phenolic OH excluding ortho intramolecular Hbond substituents is 1. The van der Waals surface area contributed by atoms with Crippen molar-refractivity contribution in [1.29, 1.82) is 0 Å². The molecule has 0 fully saturated rings. The molecule has 0 unspecified atom stereocenters. The van der Waals surface area contributed by atoms with Gasteiger partial charge in [0.1, 0.15) is 23.1 Å². The second-order valence-corrected chi connectivity index (χ2v) is 11.9. The highest BCUT2D eigenvalue weighted by atomic mass is 19.1. The molecule has 6 heteroatoms. The summed E-state index contributed by atoms with van der Waals surface area (Å²) in [6.07, 6.45) is 0. The average molecular weight is 643 g/mol. The van der Waals surface area contributed by atoms with Gasteiger partial charge >= 0.3 is 0 Å². The number of phenols is 1. The van der Waals surface area contributed by atoms with Crippen LogP contribution in [0.2, 0.25) is 0 Å². The molecule has 0 spiro atoms. The number of fused-ring (bicyclic) bond motifs is 3. The van der Waals surface area contributed by atoms with Crippen LogP contribution in [-0.4, -0.2) is 16.7 Å². The number of halogens is 1. The average Bonchev–Trinajstić information content (AvgIpc) is 3.75. The second kappa shape index (κ2) is 11.9. The quantitative estimate of drug-likeness (QED) is 0.167. The lowest BCUT2D eigenvalue weighted by Crippen LogP contribution is -2.28. The molecule has 0 amide bonds. The van der Waals surface area contributed by atoms with E-state index in [-0.39, 0.29) is 28.6 Å². The third-order valence-corrected chi connectivity index (χ3v) is 9.05. The molecule has 6 aromatic carbocycles. The Morgan fingerprint density at radius 2 is 0.959 bits per heavy atom. The molecule has 1 aromatic heterocycles. The monoisotopic (exact) mass is 642 g/mol. The summed E-state index contributed by atoms with van der Waals surface area (Å²) < 4.78 is 25.0. The Morgan fingerprint density at radius 1 is 0.531 bits per heavy atom. The molecule has 0 bridgehead atoms. The predicted octanol–water partition coefficient (Wildman–Crippen LogP) is 9.74. The van der Waals surface area contributed by atoms with Gasteiger partial charge in [-0.05, 0) is 118 Å². The van der Waals surface area contributed by atoms with E-state index in [1.807, 2.05) is 24.3 Å². The number of benzene rings is 6. The SMILES string of the molecule is O=C(c1ccc(F)cc1)c1ccc(C(=O)c2ccc(Oc3ccc(C4(c5ccc(O)cc5)c5ccccc5-c5ccccc54)cc3)cc2)o1. The van der Waals surface area contributed by atoms with Crippen molar-refractivity contribution in [2.24, 2.45) is 0 Å². The fraction of sp³-hybridized carbons (Fsp3) is 0.0233. The maximum absolute atomic E-state index is 13.3. The molecule has 236 valence electrons. The molecule has 1 heterocycles. The van der Waals surface area contributed by atoms with Crippen LogP contribution in [0.15, 0.2) is 162 Å². The van der Waals surface area contributed by atoms with E-state index >= 15 is 0 Å². The van der Waals surface area contributed by atoms with Gasteiger partial charge in [0.15, 0.2) is 11.5 Å². The molecule has 0 radical (unpaired) electrons. The number of furan rings is 1.